The Labute approximate surface area is 120 Å². The highest BCUT2D eigenvalue weighted by Gasteiger charge is 2.35. The van der Waals surface area contributed by atoms with Crippen molar-refractivity contribution in [1.82, 2.24) is 5.32 Å². The van der Waals surface area contributed by atoms with Crippen molar-refractivity contribution in [3.05, 3.63) is 0 Å². The zero-order valence-corrected chi connectivity index (χ0v) is 12.3. The van der Waals surface area contributed by atoms with Gasteiger partial charge in [-0.1, -0.05) is 0 Å². The second-order valence-corrected chi connectivity index (χ2v) is 5.26. The van der Waals surface area contributed by atoms with Crippen molar-refractivity contribution >= 4 is 5.97 Å². The van der Waals surface area contributed by atoms with Crippen LogP contribution in [0.2, 0.25) is 0 Å². The van der Waals surface area contributed by atoms with Crippen LogP contribution < -0.4 is 5.32 Å². The Hall–Kier alpha value is -0.690. The third kappa shape index (κ3) is 6.17. The van der Waals surface area contributed by atoms with E-state index in [0.29, 0.717) is 58.6 Å². The van der Waals surface area contributed by atoms with Crippen LogP contribution in [0, 0.1) is 5.92 Å². The molecule has 1 aliphatic carbocycles. The van der Waals surface area contributed by atoms with Gasteiger partial charge in [0.2, 0.25) is 0 Å². The van der Waals surface area contributed by atoms with E-state index in [4.69, 9.17) is 14.6 Å². The molecule has 0 radical (unpaired) electrons. The number of aliphatic hydroxyl groups excluding tert-OH is 1. The van der Waals surface area contributed by atoms with Crippen LogP contribution >= 0.6 is 0 Å². The molecular weight excluding hydrogens is 262 g/mol. The van der Waals surface area contributed by atoms with E-state index >= 15 is 0 Å². The number of esters is 1. The fourth-order valence-electron chi connectivity index (χ4n) is 2.46. The molecule has 0 spiro atoms. The zero-order chi connectivity index (χ0) is 14.8. The fraction of sp³-hybridized carbons (Fsp3) is 0.929. The molecule has 0 aliphatic heterocycles. The zero-order valence-electron chi connectivity index (χ0n) is 12.3. The lowest BCUT2D eigenvalue weighted by Gasteiger charge is -2.35. The molecule has 6 nitrogen and oxygen atoms in total. The van der Waals surface area contributed by atoms with Gasteiger partial charge in [0, 0.05) is 13.1 Å². The van der Waals surface area contributed by atoms with Crippen molar-refractivity contribution in [2.75, 3.05) is 39.5 Å². The molecule has 0 amide bonds. The molecule has 6 heteroatoms. The predicted octanol–water partition coefficient (Wildman–Crippen LogP) is 0.0693. The first-order valence-electron chi connectivity index (χ1n) is 7.39. The van der Waals surface area contributed by atoms with Gasteiger partial charge in [-0.3, -0.25) is 4.79 Å². The van der Waals surface area contributed by atoms with Gasteiger partial charge in [-0.2, -0.15) is 0 Å². The minimum atomic E-state index is -0.736. The van der Waals surface area contributed by atoms with Crippen LogP contribution in [0.3, 0.4) is 0 Å². The number of aliphatic hydroxyl groups is 2. The van der Waals surface area contributed by atoms with Crippen LogP contribution in [-0.2, 0) is 14.3 Å². The maximum absolute atomic E-state index is 11.6. The van der Waals surface area contributed by atoms with Gasteiger partial charge in [-0.05, 0) is 32.6 Å². The molecule has 118 valence electrons. The highest BCUT2D eigenvalue weighted by Crippen LogP contribution is 2.32. The smallest absolute Gasteiger partial charge is 0.308 e. The molecule has 0 atom stereocenters. The Morgan fingerprint density at radius 2 is 2.05 bits per heavy atom. The van der Waals surface area contributed by atoms with E-state index < -0.39 is 5.60 Å². The van der Waals surface area contributed by atoms with Crippen molar-refractivity contribution in [1.29, 1.82) is 0 Å². The minimum Gasteiger partial charge on any atom is -0.466 e. The third-order valence-electron chi connectivity index (χ3n) is 3.65. The number of ether oxygens (including phenoxy) is 2. The Morgan fingerprint density at radius 3 is 2.65 bits per heavy atom. The molecule has 0 saturated heterocycles. The number of nitrogens with one attached hydrogen (secondary N) is 1. The standard InChI is InChI=1S/C14H27NO5/c1-2-20-13(17)12-3-5-14(18,6-4-12)11-15-7-9-19-10-8-16/h12,15-16,18H,2-11H2,1H3. The first kappa shape index (κ1) is 17.4. The van der Waals surface area contributed by atoms with Crippen molar-refractivity contribution in [3.8, 4) is 0 Å². The average molecular weight is 289 g/mol. The number of carbonyl (C=O) groups is 1. The quantitative estimate of drug-likeness (QED) is 0.411. The summed E-state index contributed by atoms with van der Waals surface area (Å²) in [7, 11) is 0. The lowest BCUT2D eigenvalue weighted by atomic mass is 9.79. The molecule has 20 heavy (non-hydrogen) atoms. The average Bonchev–Trinajstić information content (AvgIpc) is 2.44. The maximum atomic E-state index is 11.6. The Morgan fingerprint density at radius 1 is 1.35 bits per heavy atom. The van der Waals surface area contributed by atoms with E-state index in [0.717, 1.165) is 0 Å². The van der Waals surface area contributed by atoms with Crippen LogP contribution in [0.25, 0.3) is 0 Å². The molecule has 0 aromatic heterocycles. The number of carbonyl (C=O) groups excluding carboxylic acids is 1. The van der Waals surface area contributed by atoms with Crippen LogP contribution in [0.4, 0.5) is 0 Å². The molecular formula is C14H27NO5. The Kier molecular flexibility index (Phi) is 8.06. The van der Waals surface area contributed by atoms with Crippen molar-refractivity contribution in [2.45, 2.75) is 38.2 Å². The molecule has 1 saturated carbocycles. The van der Waals surface area contributed by atoms with Gasteiger partial charge in [-0.25, -0.2) is 0 Å². The topological polar surface area (TPSA) is 88.0 Å². The monoisotopic (exact) mass is 289 g/mol. The summed E-state index contributed by atoms with van der Waals surface area (Å²) in [6.07, 6.45) is 2.58. The number of rotatable bonds is 9. The highest BCUT2D eigenvalue weighted by atomic mass is 16.5. The van der Waals surface area contributed by atoms with Gasteiger partial charge in [-0.15, -0.1) is 0 Å². The molecule has 3 N–H and O–H groups in total. The van der Waals surface area contributed by atoms with E-state index in [1.807, 2.05) is 0 Å². The lowest BCUT2D eigenvalue weighted by Crippen LogP contribution is -2.45. The van der Waals surface area contributed by atoms with Crippen LogP contribution in [-0.4, -0.2) is 61.3 Å². The molecule has 0 bridgehead atoms. The second kappa shape index (κ2) is 9.28. The van der Waals surface area contributed by atoms with Gasteiger partial charge in [0.15, 0.2) is 0 Å². The van der Waals surface area contributed by atoms with E-state index in [2.05, 4.69) is 5.32 Å². The summed E-state index contributed by atoms with van der Waals surface area (Å²) in [6, 6.07) is 0. The molecule has 0 aromatic rings. The summed E-state index contributed by atoms with van der Waals surface area (Å²) >= 11 is 0. The van der Waals surface area contributed by atoms with Gasteiger partial charge in [0.25, 0.3) is 0 Å². The summed E-state index contributed by atoms with van der Waals surface area (Å²) in [6.45, 7) is 4.25. The SMILES string of the molecule is CCOC(=O)C1CCC(O)(CNCCOCCO)CC1. The first-order valence-corrected chi connectivity index (χ1v) is 7.39. The summed E-state index contributed by atoms with van der Waals surface area (Å²) in [5.74, 6) is -0.206. The summed E-state index contributed by atoms with van der Waals surface area (Å²) < 4.78 is 10.1. The van der Waals surface area contributed by atoms with Gasteiger partial charge >= 0.3 is 5.97 Å². The van der Waals surface area contributed by atoms with E-state index in [1.165, 1.54) is 0 Å². The van der Waals surface area contributed by atoms with E-state index in [9.17, 15) is 9.90 Å². The van der Waals surface area contributed by atoms with Crippen molar-refractivity contribution in [3.63, 3.8) is 0 Å². The molecule has 1 rings (SSSR count). The van der Waals surface area contributed by atoms with Gasteiger partial charge < -0.3 is 25.0 Å². The summed E-state index contributed by atoms with van der Waals surface area (Å²) in [5.41, 5.74) is -0.736. The predicted molar refractivity (Wildman–Crippen MR) is 74.3 cm³/mol. The number of hydrogen-bond acceptors (Lipinski definition) is 6. The van der Waals surface area contributed by atoms with Crippen LogP contribution in [0.1, 0.15) is 32.6 Å². The van der Waals surface area contributed by atoms with E-state index in [1.54, 1.807) is 6.92 Å². The normalized spacial score (nSPS) is 26.4. The third-order valence-corrected chi connectivity index (χ3v) is 3.65. The Balaban J connectivity index is 2.16. The number of hydrogen-bond donors (Lipinski definition) is 3. The van der Waals surface area contributed by atoms with Gasteiger partial charge in [0.1, 0.15) is 0 Å². The fourth-order valence-corrected chi connectivity index (χ4v) is 2.46. The van der Waals surface area contributed by atoms with E-state index in [-0.39, 0.29) is 18.5 Å². The van der Waals surface area contributed by atoms with Crippen molar-refractivity contribution in [2.24, 2.45) is 5.92 Å². The lowest BCUT2D eigenvalue weighted by molar-refractivity contribution is -0.151. The van der Waals surface area contributed by atoms with Crippen LogP contribution in [0.15, 0.2) is 0 Å². The van der Waals surface area contributed by atoms with Crippen molar-refractivity contribution < 1.29 is 24.5 Å². The molecule has 0 heterocycles. The summed E-state index contributed by atoms with van der Waals surface area (Å²) in [5, 5.41) is 22.1. The minimum absolute atomic E-state index is 0.0270. The largest absolute Gasteiger partial charge is 0.466 e. The summed E-state index contributed by atoms with van der Waals surface area (Å²) in [4.78, 5) is 11.6. The molecule has 1 fully saturated rings. The molecule has 0 unspecified atom stereocenters. The molecule has 0 aromatic carbocycles. The second-order valence-electron chi connectivity index (χ2n) is 5.26. The maximum Gasteiger partial charge on any atom is 0.308 e. The Bertz CT molecular complexity index is 277. The molecule has 1 aliphatic rings. The van der Waals surface area contributed by atoms with Crippen LogP contribution in [0.5, 0.6) is 0 Å². The highest BCUT2D eigenvalue weighted by molar-refractivity contribution is 5.72. The first-order chi connectivity index (χ1) is 9.61. The van der Waals surface area contributed by atoms with Gasteiger partial charge in [0.05, 0.1) is 37.9 Å².